The molecule has 6 heteroatoms. The number of nitrogens with zero attached hydrogens (tertiary/aromatic N) is 4. The predicted molar refractivity (Wildman–Crippen MR) is 89.1 cm³/mol. The molecule has 0 saturated carbocycles. The molecular formula is C17H17N5O. The molecule has 1 amide bonds. The van der Waals surface area contributed by atoms with Crippen LogP contribution in [-0.4, -0.2) is 27.1 Å². The van der Waals surface area contributed by atoms with Crippen molar-refractivity contribution in [2.24, 2.45) is 5.10 Å². The Bertz CT molecular complexity index is 836. The van der Waals surface area contributed by atoms with E-state index in [2.05, 4.69) is 20.8 Å². The minimum atomic E-state index is -0.159. The van der Waals surface area contributed by atoms with Gasteiger partial charge in [0.2, 0.25) is 5.91 Å². The predicted octanol–water partition coefficient (Wildman–Crippen LogP) is 2.28. The second kappa shape index (κ2) is 6.83. The van der Waals surface area contributed by atoms with Crippen LogP contribution in [0.5, 0.6) is 0 Å². The van der Waals surface area contributed by atoms with Crippen molar-refractivity contribution in [2.75, 3.05) is 0 Å². The fourth-order valence-electron chi connectivity index (χ4n) is 2.18. The number of carbonyl (C=O) groups excluding carboxylic acids is 1. The summed E-state index contributed by atoms with van der Waals surface area (Å²) in [5.41, 5.74) is 6.40. The van der Waals surface area contributed by atoms with Crippen LogP contribution in [0.15, 0.2) is 53.6 Å². The lowest BCUT2D eigenvalue weighted by atomic mass is 10.2. The molecule has 0 radical (unpaired) electrons. The van der Waals surface area contributed by atoms with Crippen molar-refractivity contribution in [1.82, 2.24) is 20.4 Å². The summed E-state index contributed by atoms with van der Waals surface area (Å²) in [5, 5.41) is 12.1. The molecule has 116 valence electrons. The molecule has 0 aliphatic heterocycles. The van der Waals surface area contributed by atoms with Crippen molar-refractivity contribution >= 4 is 23.2 Å². The van der Waals surface area contributed by atoms with E-state index in [0.29, 0.717) is 13.0 Å². The van der Waals surface area contributed by atoms with Crippen molar-refractivity contribution in [1.29, 1.82) is 0 Å². The molecule has 0 spiro atoms. The first kappa shape index (κ1) is 14.9. The van der Waals surface area contributed by atoms with Gasteiger partial charge in [0.25, 0.3) is 0 Å². The molecule has 2 aromatic carbocycles. The van der Waals surface area contributed by atoms with Crippen LogP contribution in [0.2, 0.25) is 0 Å². The van der Waals surface area contributed by atoms with Gasteiger partial charge >= 0.3 is 0 Å². The van der Waals surface area contributed by atoms with Crippen molar-refractivity contribution in [3.05, 3.63) is 59.7 Å². The summed E-state index contributed by atoms with van der Waals surface area (Å²) in [4.78, 5) is 11.8. The molecule has 0 saturated heterocycles. The molecule has 0 aliphatic carbocycles. The van der Waals surface area contributed by atoms with E-state index in [0.717, 1.165) is 16.6 Å². The van der Waals surface area contributed by atoms with Gasteiger partial charge in [0.15, 0.2) is 0 Å². The fourth-order valence-corrected chi connectivity index (χ4v) is 2.18. The van der Waals surface area contributed by atoms with Gasteiger partial charge in [-0.25, -0.2) is 10.1 Å². The van der Waals surface area contributed by atoms with Gasteiger partial charge in [-0.3, -0.25) is 4.79 Å². The van der Waals surface area contributed by atoms with Crippen LogP contribution < -0.4 is 5.43 Å². The molecule has 3 aromatic rings. The van der Waals surface area contributed by atoms with Crippen LogP contribution in [0, 0.1) is 6.92 Å². The molecule has 0 atom stereocenters. The van der Waals surface area contributed by atoms with Crippen LogP contribution >= 0.6 is 0 Å². The van der Waals surface area contributed by atoms with Gasteiger partial charge in [-0.1, -0.05) is 47.2 Å². The summed E-state index contributed by atoms with van der Waals surface area (Å²) in [6.07, 6.45) is 1.92. The topological polar surface area (TPSA) is 72.2 Å². The average molecular weight is 307 g/mol. The van der Waals surface area contributed by atoms with Gasteiger partial charge in [0.05, 0.1) is 18.3 Å². The highest BCUT2D eigenvalue weighted by Crippen LogP contribution is 2.09. The first-order valence-electron chi connectivity index (χ1n) is 7.39. The monoisotopic (exact) mass is 307 g/mol. The van der Waals surface area contributed by atoms with Crippen molar-refractivity contribution in [2.45, 2.75) is 19.9 Å². The highest BCUT2D eigenvalue weighted by atomic mass is 16.2. The first-order valence-corrected chi connectivity index (χ1v) is 7.39. The van der Waals surface area contributed by atoms with Crippen LogP contribution in [0.25, 0.3) is 11.0 Å². The molecule has 1 heterocycles. The van der Waals surface area contributed by atoms with Crippen molar-refractivity contribution in [3.63, 3.8) is 0 Å². The maximum atomic E-state index is 11.8. The Morgan fingerprint density at radius 2 is 2.00 bits per heavy atom. The van der Waals surface area contributed by atoms with E-state index < -0.39 is 0 Å². The Labute approximate surface area is 133 Å². The number of carbonyl (C=O) groups is 1. The van der Waals surface area contributed by atoms with Crippen LogP contribution in [0.4, 0.5) is 0 Å². The zero-order valence-electron chi connectivity index (χ0n) is 12.8. The Kier molecular flexibility index (Phi) is 4.42. The second-order valence-electron chi connectivity index (χ2n) is 5.26. The van der Waals surface area contributed by atoms with E-state index in [1.165, 1.54) is 5.56 Å². The molecule has 0 bridgehead atoms. The minimum absolute atomic E-state index is 0.159. The van der Waals surface area contributed by atoms with Crippen molar-refractivity contribution in [3.8, 4) is 0 Å². The molecular weight excluding hydrogens is 290 g/mol. The third-order valence-electron chi connectivity index (χ3n) is 3.45. The number of hydrogen-bond acceptors (Lipinski definition) is 4. The van der Waals surface area contributed by atoms with E-state index in [9.17, 15) is 4.79 Å². The van der Waals surface area contributed by atoms with Gasteiger partial charge in [-0.15, -0.1) is 5.10 Å². The normalized spacial score (nSPS) is 11.2. The largest absolute Gasteiger partial charge is 0.273 e. The van der Waals surface area contributed by atoms with Crippen LogP contribution in [0.3, 0.4) is 0 Å². The van der Waals surface area contributed by atoms with E-state index in [1.807, 2.05) is 55.5 Å². The maximum Gasteiger partial charge on any atom is 0.241 e. The molecule has 6 nitrogen and oxygen atoms in total. The summed E-state index contributed by atoms with van der Waals surface area (Å²) >= 11 is 0. The number of aryl methyl sites for hydroxylation is 2. The van der Waals surface area contributed by atoms with E-state index in [-0.39, 0.29) is 5.91 Å². The first-order chi connectivity index (χ1) is 11.2. The summed E-state index contributed by atoms with van der Waals surface area (Å²) in [6.45, 7) is 2.49. The fraction of sp³-hybridized carbons (Fsp3) is 0.176. The quantitative estimate of drug-likeness (QED) is 0.580. The Morgan fingerprint density at radius 1 is 1.22 bits per heavy atom. The number of benzene rings is 2. The lowest BCUT2D eigenvalue weighted by Crippen LogP contribution is -2.19. The third kappa shape index (κ3) is 3.79. The van der Waals surface area contributed by atoms with E-state index in [1.54, 1.807) is 10.9 Å². The number of para-hydroxylation sites is 1. The third-order valence-corrected chi connectivity index (χ3v) is 3.45. The number of nitrogens with one attached hydrogen (secondary N) is 1. The molecule has 1 N–H and O–H groups in total. The van der Waals surface area contributed by atoms with Crippen molar-refractivity contribution < 1.29 is 4.79 Å². The highest BCUT2D eigenvalue weighted by molar-refractivity contribution is 5.82. The summed E-state index contributed by atoms with van der Waals surface area (Å²) in [6, 6.07) is 15.6. The Balaban J connectivity index is 1.52. The average Bonchev–Trinajstić information content (AvgIpc) is 2.98. The molecule has 0 aliphatic rings. The number of rotatable bonds is 5. The molecule has 0 fully saturated rings. The number of hydrogen-bond donors (Lipinski definition) is 1. The van der Waals surface area contributed by atoms with Gasteiger partial charge in [0, 0.05) is 6.42 Å². The second-order valence-corrected chi connectivity index (χ2v) is 5.26. The van der Waals surface area contributed by atoms with Crippen LogP contribution in [-0.2, 0) is 11.3 Å². The maximum absolute atomic E-state index is 11.8. The summed E-state index contributed by atoms with van der Waals surface area (Å²) < 4.78 is 1.72. The summed E-state index contributed by atoms with van der Waals surface area (Å²) in [5.74, 6) is -0.159. The Hall–Kier alpha value is -3.02. The van der Waals surface area contributed by atoms with Gasteiger partial charge < -0.3 is 0 Å². The number of fused-ring (bicyclic) bond motifs is 1. The highest BCUT2D eigenvalue weighted by Gasteiger charge is 2.05. The Morgan fingerprint density at radius 3 is 2.83 bits per heavy atom. The molecule has 1 aromatic heterocycles. The number of aromatic nitrogens is 3. The smallest absolute Gasteiger partial charge is 0.241 e. The van der Waals surface area contributed by atoms with Crippen LogP contribution in [0.1, 0.15) is 17.5 Å². The lowest BCUT2D eigenvalue weighted by Gasteiger charge is -2.01. The zero-order chi connectivity index (χ0) is 16.1. The zero-order valence-corrected chi connectivity index (χ0v) is 12.8. The SMILES string of the molecule is Cc1ccc(/C=N/NC(=O)CCn2nnc3ccccc32)cc1. The standard InChI is InChI=1S/C17H17N5O/c1-13-6-8-14(9-7-13)12-18-20-17(23)10-11-22-16-5-3-2-4-15(16)19-21-22/h2-9,12H,10-11H2,1H3,(H,20,23)/b18-12+. The number of amides is 1. The molecule has 0 unspecified atom stereocenters. The van der Waals surface area contributed by atoms with E-state index in [4.69, 9.17) is 0 Å². The lowest BCUT2D eigenvalue weighted by molar-refractivity contribution is -0.121. The van der Waals surface area contributed by atoms with Gasteiger partial charge in [-0.2, -0.15) is 5.10 Å². The molecule has 3 rings (SSSR count). The minimum Gasteiger partial charge on any atom is -0.273 e. The summed E-state index contributed by atoms with van der Waals surface area (Å²) in [7, 11) is 0. The van der Waals surface area contributed by atoms with Gasteiger partial charge in [-0.05, 0) is 24.6 Å². The van der Waals surface area contributed by atoms with Gasteiger partial charge in [0.1, 0.15) is 5.52 Å². The molecule has 23 heavy (non-hydrogen) atoms. The number of hydrazone groups is 1. The van der Waals surface area contributed by atoms with E-state index >= 15 is 0 Å².